The standard InChI is InChI=1S/C18H16I2O6/c1-24-13-7-5-9(17(25-2)18(13)26-3)4-6-12(21)10-8-11(19)16(23)14(20)15(10)22/h4-8,22-23H,1-3H3/b6-4+. The molecule has 0 aliphatic rings. The van der Waals surface area contributed by atoms with Gasteiger partial charge in [-0.15, -0.1) is 0 Å². The van der Waals surface area contributed by atoms with Gasteiger partial charge in [-0.05, 0) is 75.5 Å². The molecule has 0 aromatic heterocycles. The highest BCUT2D eigenvalue weighted by molar-refractivity contribution is 14.1. The van der Waals surface area contributed by atoms with Gasteiger partial charge in [0.1, 0.15) is 11.5 Å². The monoisotopic (exact) mass is 582 g/mol. The van der Waals surface area contributed by atoms with Crippen LogP contribution in [0.1, 0.15) is 15.9 Å². The quantitative estimate of drug-likeness (QED) is 0.302. The van der Waals surface area contributed by atoms with Crippen molar-refractivity contribution in [3.05, 3.63) is 42.5 Å². The molecule has 0 aliphatic heterocycles. The molecule has 8 heteroatoms. The molecule has 0 aliphatic carbocycles. The number of carbonyl (C=O) groups is 1. The van der Waals surface area contributed by atoms with Crippen molar-refractivity contribution in [1.29, 1.82) is 0 Å². The van der Waals surface area contributed by atoms with Gasteiger partial charge in [0.15, 0.2) is 17.3 Å². The van der Waals surface area contributed by atoms with Gasteiger partial charge in [0.05, 0.1) is 34.0 Å². The number of carbonyl (C=O) groups excluding carboxylic acids is 1. The highest BCUT2D eigenvalue weighted by Gasteiger charge is 2.18. The maximum atomic E-state index is 12.5. The molecule has 0 spiro atoms. The van der Waals surface area contributed by atoms with Crippen LogP contribution in [0.4, 0.5) is 0 Å². The van der Waals surface area contributed by atoms with E-state index in [1.54, 1.807) is 40.8 Å². The largest absolute Gasteiger partial charge is 0.506 e. The van der Waals surface area contributed by atoms with Gasteiger partial charge in [-0.2, -0.15) is 0 Å². The smallest absolute Gasteiger partial charge is 0.203 e. The Kier molecular flexibility index (Phi) is 6.98. The molecule has 2 N–H and O–H groups in total. The van der Waals surface area contributed by atoms with E-state index in [-0.39, 0.29) is 20.6 Å². The Morgan fingerprint density at radius 2 is 1.65 bits per heavy atom. The fraction of sp³-hybridized carbons (Fsp3) is 0.167. The van der Waals surface area contributed by atoms with Crippen molar-refractivity contribution >= 4 is 57.0 Å². The Labute approximate surface area is 178 Å². The summed E-state index contributed by atoms with van der Waals surface area (Å²) in [4.78, 5) is 12.5. The number of rotatable bonds is 6. The second kappa shape index (κ2) is 8.80. The van der Waals surface area contributed by atoms with Gasteiger partial charge in [0, 0.05) is 5.56 Å². The highest BCUT2D eigenvalue weighted by atomic mass is 127. The molecule has 26 heavy (non-hydrogen) atoms. The zero-order valence-electron chi connectivity index (χ0n) is 14.2. The molecule has 0 radical (unpaired) electrons. The molecule has 0 unspecified atom stereocenters. The molecular formula is C18H16I2O6. The maximum absolute atomic E-state index is 12.5. The van der Waals surface area contributed by atoms with Crippen LogP contribution < -0.4 is 14.2 Å². The van der Waals surface area contributed by atoms with Crippen molar-refractivity contribution in [2.75, 3.05) is 21.3 Å². The van der Waals surface area contributed by atoms with Crippen molar-refractivity contribution in [2.45, 2.75) is 0 Å². The third-order valence-corrected chi connectivity index (χ3v) is 5.43. The van der Waals surface area contributed by atoms with Gasteiger partial charge in [-0.3, -0.25) is 4.79 Å². The summed E-state index contributed by atoms with van der Waals surface area (Å²) in [5.41, 5.74) is 0.716. The first kappa shape index (κ1) is 20.6. The summed E-state index contributed by atoms with van der Waals surface area (Å²) < 4.78 is 16.6. The lowest BCUT2D eigenvalue weighted by atomic mass is 10.1. The van der Waals surface area contributed by atoms with Crippen molar-refractivity contribution in [1.82, 2.24) is 0 Å². The fourth-order valence-corrected chi connectivity index (χ4v) is 3.98. The van der Waals surface area contributed by atoms with Crippen LogP contribution >= 0.6 is 45.2 Å². The minimum Gasteiger partial charge on any atom is -0.506 e. The van der Waals surface area contributed by atoms with Gasteiger partial charge in [-0.25, -0.2) is 0 Å². The lowest BCUT2D eigenvalue weighted by Gasteiger charge is -2.14. The molecule has 0 saturated carbocycles. The first-order valence-corrected chi connectivity index (χ1v) is 9.42. The summed E-state index contributed by atoms with van der Waals surface area (Å²) >= 11 is 3.69. The first-order chi connectivity index (χ1) is 12.3. The van der Waals surface area contributed by atoms with Gasteiger partial charge in [0.25, 0.3) is 0 Å². The van der Waals surface area contributed by atoms with Crippen molar-refractivity contribution < 1.29 is 29.2 Å². The predicted octanol–water partition coefficient (Wildman–Crippen LogP) is 4.23. The van der Waals surface area contributed by atoms with Crippen molar-refractivity contribution in [3.8, 4) is 28.7 Å². The molecule has 138 valence electrons. The number of methoxy groups -OCH3 is 3. The molecule has 0 bridgehead atoms. The number of ketones is 1. The number of ether oxygens (including phenoxy) is 3. The van der Waals surface area contributed by atoms with Crippen LogP contribution in [0.15, 0.2) is 24.3 Å². The molecule has 2 aromatic rings. The molecular weight excluding hydrogens is 566 g/mol. The highest BCUT2D eigenvalue weighted by Crippen LogP contribution is 2.40. The van der Waals surface area contributed by atoms with E-state index in [1.807, 2.05) is 22.6 Å². The number of allylic oxidation sites excluding steroid dienone is 1. The molecule has 2 rings (SSSR count). The van der Waals surface area contributed by atoms with Crippen molar-refractivity contribution in [3.63, 3.8) is 0 Å². The molecule has 0 fully saturated rings. The SMILES string of the molecule is COc1ccc(/C=C/C(=O)c2cc(I)c(O)c(I)c2O)c(OC)c1OC. The molecule has 2 aromatic carbocycles. The lowest BCUT2D eigenvalue weighted by Crippen LogP contribution is -1.99. The van der Waals surface area contributed by atoms with Gasteiger partial charge in [0.2, 0.25) is 5.75 Å². The summed E-state index contributed by atoms with van der Waals surface area (Å²) in [6.07, 6.45) is 2.89. The lowest BCUT2D eigenvalue weighted by molar-refractivity contribution is 0.104. The van der Waals surface area contributed by atoms with Gasteiger partial charge >= 0.3 is 0 Å². The van der Waals surface area contributed by atoms with Crippen LogP contribution in [0, 0.1) is 7.14 Å². The molecule has 0 saturated heterocycles. The minimum atomic E-state index is -0.407. The number of benzene rings is 2. The third-order valence-electron chi connectivity index (χ3n) is 3.58. The van der Waals surface area contributed by atoms with E-state index in [0.717, 1.165) is 0 Å². The normalized spacial score (nSPS) is 10.8. The average molecular weight is 582 g/mol. The average Bonchev–Trinajstić information content (AvgIpc) is 2.65. The maximum Gasteiger partial charge on any atom is 0.203 e. The van der Waals surface area contributed by atoms with E-state index in [9.17, 15) is 15.0 Å². The van der Waals surface area contributed by atoms with E-state index in [1.165, 1.54) is 33.5 Å². The van der Waals surface area contributed by atoms with E-state index >= 15 is 0 Å². The molecule has 6 nitrogen and oxygen atoms in total. The van der Waals surface area contributed by atoms with Crippen LogP contribution in [0.2, 0.25) is 0 Å². The Bertz CT molecular complexity index is 877. The van der Waals surface area contributed by atoms with Crippen LogP contribution in [-0.4, -0.2) is 37.3 Å². The molecule has 0 amide bonds. The second-order valence-corrected chi connectivity index (χ2v) is 7.28. The zero-order valence-corrected chi connectivity index (χ0v) is 18.5. The number of hydrogen-bond donors (Lipinski definition) is 2. The summed E-state index contributed by atoms with van der Waals surface area (Å²) in [6, 6.07) is 4.87. The predicted molar refractivity (Wildman–Crippen MR) is 115 cm³/mol. The van der Waals surface area contributed by atoms with Crippen molar-refractivity contribution in [2.24, 2.45) is 0 Å². The number of phenolic OH excluding ortho intramolecular Hbond substituents is 2. The Morgan fingerprint density at radius 1 is 1.00 bits per heavy atom. The summed E-state index contributed by atoms with van der Waals surface area (Å²) in [6.45, 7) is 0. The summed E-state index contributed by atoms with van der Waals surface area (Å²) in [5.74, 6) is 0.641. The third kappa shape index (κ3) is 4.00. The van der Waals surface area contributed by atoms with Crippen LogP contribution in [0.3, 0.4) is 0 Å². The Hall–Kier alpha value is -1.69. The number of phenols is 2. The number of aromatic hydroxyl groups is 2. The van der Waals surface area contributed by atoms with E-state index in [2.05, 4.69) is 0 Å². The summed E-state index contributed by atoms with van der Waals surface area (Å²) in [7, 11) is 4.51. The molecule has 0 heterocycles. The van der Waals surface area contributed by atoms with Gasteiger partial charge < -0.3 is 24.4 Å². The number of hydrogen-bond acceptors (Lipinski definition) is 6. The van der Waals surface area contributed by atoms with E-state index in [0.29, 0.717) is 26.4 Å². The van der Waals surface area contributed by atoms with Crippen LogP contribution in [0.5, 0.6) is 28.7 Å². The molecule has 0 atom stereocenters. The topological polar surface area (TPSA) is 85.2 Å². The van der Waals surface area contributed by atoms with E-state index in [4.69, 9.17) is 14.2 Å². The fourth-order valence-electron chi connectivity index (χ4n) is 2.30. The Balaban J connectivity index is 2.44. The zero-order chi connectivity index (χ0) is 19.4. The van der Waals surface area contributed by atoms with Gasteiger partial charge in [-0.1, -0.05) is 0 Å². The second-order valence-electron chi connectivity index (χ2n) is 5.04. The van der Waals surface area contributed by atoms with Crippen LogP contribution in [0.25, 0.3) is 6.08 Å². The van der Waals surface area contributed by atoms with E-state index < -0.39 is 5.78 Å². The Morgan fingerprint density at radius 3 is 2.23 bits per heavy atom. The summed E-state index contributed by atoms with van der Waals surface area (Å²) in [5, 5.41) is 20.0. The minimum absolute atomic E-state index is 0.0502. The first-order valence-electron chi connectivity index (χ1n) is 7.27. The number of halogens is 2. The van der Waals surface area contributed by atoms with Crippen LogP contribution in [-0.2, 0) is 0 Å².